The Balaban J connectivity index is 1.25. The van der Waals surface area contributed by atoms with Crippen LogP contribution in [-0.4, -0.2) is 0 Å². The van der Waals surface area contributed by atoms with Crippen LogP contribution in [0.5, 0.6) is 0 Å². The topological polar surface area (TPSA) is 23.8 Å². The number of nitrogens with zero attached hydrogens (tertiary/aromatic N) is 1. The Morgan fingerprint density at radius 2 is 1.52 bits per heavy atom. The minimum absolute atomic E-state index is 0.421. The van der Waals surface area contributed by atoms with E-state index in [1.54, 1.807) is 12.8 Å². The third-order valence-electron chi connectivity index (χ3n) is 12.1. The first-order valence-electron chi connectivity index (χ1n) is 11.3. The minimum Gasteiger partial charge on any atom is -0.198 e. The third-order valence-corrected chi connectivity index (χ3v) is 12.1. The van der Waals surface area contributed by atoms with Gasteiger partial charge in [0.05, 0.1) is 6.07 Å². The maximum atomic E-state index is 9.67. The van der Waals surface area contributed by atoms with Gasteiger partial charge in [-0.2, -0.15) is 5.26 Å². The molecule has 0 N–H and O–H groups in total. The number of rotatable bonds is 0. The number of fused-ring (bicyclic) bond motifs is 23. The van der Waals surface area contributed by atoms with Crippen LogP contribution in [0.15, 0.2) is 12.2 Å². The fourth-order valence-corrected chi connectivity index (χ4v) is 12.2. The Bertz CT molecular complexity index is 761. The van der Waals surface area contributed by atoms with Gasteiger partial charge in [-0.3, -0.25) is 0 Å². The number of hydrogen-bond donors (Lipinski definition) is 0. The number of allylic oxidation sites excluding steroid dienone is 2. The Morgan fingerprint density at radius 1 is 0.800 bits per heavy atom. The lowest BCUT2D eigenvalue weighted by atomic mass is 9.48. The zero-order chi connectivity index (χ0) is 16.2. The van der Waals surface area contributed by atoms with E-state index in [1.165, 1.54) is 19.3 Å². The molecule has 8 aliphatic rings. The summed E-state index contributed by atoms with van der Waals surface area (Å²) in [6.45, 7) is 2.77. The van der Waals surface area contributed by atoms with Gasteiger partial charge in [0, 0.05) is 5.92 Å². The first-order chi connectivity index (χ1) is 12.2. The molecule has 1 nitrogen and oxygen atoms in total. The van der Waals surface area contributed by atoms with Crippen LogP contribution in [-0.2, 0) is 0 Å². The van der Waals surface area contributed by atoms with Crippen LogP contribution < -0.4 is 0 Å². The zero-order valence-electron chi connectivity index (χ0n) is 15.2. The van der Waals surface area contributed by atoms with Crippen LogP contribution in [0.2, 0.25) is 0 Å². The molecule has 0 aromatic heterocycles. The van der Waals surface area contributed by atoms with Gasteiger partial charge in [-0.05, 0) is 114 Å². The van der Waals surface area contributed by atoms with Crippen molar-refractivity contribution in [2.24, 2.45) is 88.3 Å². The van der Waals surface area contributed by atoms with Gasteiger partial charge in [0.25, 0.3) is 0 Å². The predicted molar refractivity (Wildman–Crippen MR) is 94.8 cm³/mol. The molecule has 7 saturated carbocycles. The molecule has 0 aromatic rings. The fourth-order valence-electron chi connectivity index (χ4n) is 12.2. The molecule has 1 heteroatoms. The summed E-state index contributed by atoms with van der Waals surface area (Å²) < 4.78 is 0. The highest BCUT2D eigenvalue weighted by Crippen LogP contribution is 2.85. The molecule has 7 fully saturated rings. The van der Waals surface area contributed by atoms with E-state index in [0.717, 1.165) is 76.9 Å². The molecule has 0 spiro atoms. The molecule has 130 valence electrons. The van der Waals surface area contributed by atoms with Gasteiger partial charge in [-0.1, -0.05) is 19.1 Å². The van der Waals surface area contributed by atoms with Gasteiger partial charge >= 0.3 is 0 Å². The lowest BCUT2D eigenvalue weighted by Gasteiger charge is -2.56. The second kappa shape index (κ2) is 3.76. The highest BCUT2D eigenvalue weighted by Gasteiger charge is 2.79. The van der Waals surface area contributed by atoms with E-state index >= 15 is 0 Å². The van der Waals surface area contributed by atoms with E-state index in [4.69, 9.17) is 0 Å². The van der Waals surface area contributed by atoms with Crippen molar-refractivity contribution in [2.45, 2.75) is 39.0 Å². The molecule has 0 saturated heterocycles. The lowest BCUT2D eigenvalue weighted by Crippen LogP contribution is -2.52. The number of hydrogen-bond acceptors (Lipinski definition) is 1. The van der Waals surface area contributed by atoms with Crippen molar-refractivity contribution in [3.8, 4) is 6.07 Å². The van der Waals surface area contributed by atoms with Crippen LogP contribution >= 0.6 is 0 Å². The summed E-state index contributed by atoms with van der Waals surface area (Å²) in [5, 5.41) is 9.67. The van der Waals surface area contributed by atoms with E-state index in [-0.39, 0.29) is 0 Å². The van der Waals surface area contributed by atoms with Crippen molar-refractivity contribution in [3.63, 3.8) is 0 Å². The van der Waals surface area contributed by atoms with E-state index < -0.39 is 0 Å². The molecule has 0 aliphatic heterocycles. The van der Waals surface area contributed by atoms with Gasteiger partial charge in [0.15, 0.2) is 0 Å². The van der Waals surface area contributed by atoms with E-state index in [9.17, 15) is 5.26 Å². The zero-order valence-corrected chi connectivity index (χ0v) is 15.2. The number of nitriles is 1. The Kier molecular flexibility index (Phi) is 2.02. The first kappa shape index (κ1) is 13.4. The summed E-state index contributed by atoms with van der Waals surface area (Å²) in [5.41, 5.74) is 0.667. The molecule has 15 atom stereocenters. The van der Waals surface area contributed by atoms with Gasteiger partial charge in [-0.25, -0.2) is 0 Å². The molecule has 8 bridgehead atoms. The summed E-state index contributed by atoms with van der Waals surface area (Å²) in [6, 6.07) is 2.72. The largest absolute Gasteiger partial charge is 0.198 e. The smallest absolute Gasteiger partial charge is 0.0658 e. The van der Waals surface area contributed by atoms with E-state index in [1.807, 2.05) is 0 Å². The molecular weight excluding hydrogens is 302 g/mol. The van der Waals surface area contributed by atoms with Gasteiger partial charge in [0.2, 0.25) is 0 Å². The lowest BCUT2D eigenvalue weighted by molar-refractivity contribution is -0.0854. The highest BCUT2D eigenvalue weighted by atomic mass is 14.8. The normalized spacial score (nSPS) is 74.6. The van der Waals surface area contributed by atoms with Crippen molar-refractivity contribution in [1.82, 2.24) is 0 Å². The molecular formula is C24H29N. The van der Waals surface area contributed by atoms with Crippen molar-refractivity contribution in [3.05, 3.63) is 12.2 Å². The summed E-state index contributed by atoms with van der Waals surface area (Å²) in [4.78, 5) is 0. The Labute approximate surface area is 151 Å². The fraction of sp³-hybridized carbons (Fsp3) is 0.875. The Hall–Kier alpha value is -0.770. The van der Waals surface area contributed by atoms with Gasteiger partial charge in [0.1, 0.15) is 0 Å². The molecule has 15 unspecified atom stereocenters. The van der Waals surface area contributed by atoms with Gasteiger partial charge in [-0.15, -0.1) is 0 Å². The van der Waals surface area contributed by atoms with Crippen molar-refractivity contribution >= 4 is 0 Å². The average molecular weight is 332 g/mol. The highest BCUT2D eigenvalue weighted by molar-refractivity contribution is 5.30. The Morgan fingerprint density at radius 3 is 2.32 bits per heavy atom. The monoisotopic (exact) mass is 331 g/mol. The van der Waals surface area contributed by atoms with Crippen LogP contribution in [0.25, 0.3) is 0 Å². The van der Waals surface area contributed by atoms with Gasteiger partial charge < -0.3 is 0 Å². The van der Waals surface area contributed by atoms with E-state index in [0.29, 0.717) is 11.3 Å². The van der Waals surface area contributed by atoms with Crippen LogP contribution in [0.4, 0.5) is 0 Å². The van der Waals surface area contributed by atoms with Crippen LogP contribution in [0.1, 0.15) is 39.0 Å². The molecule has 0 radical (unpaired) electrons. The summed E-state index contributed by atoms with van der Waals surface area (Å²) in [6.07, 6.45) is 12.6. The van der Waals surface area contributed by atoms with E-state index in [2.05, 4.69) is 25.1 Å². The predicted octanol–water partition coefficient (Wildman–Crippen LogP) is 4.76. The molecule has 0 amide bonds. The summed E-state index contributed by atoms with van der Waals surface area (Å²) in [5.74, 6) is 13.5. The summed E-state index contributed by atoms with van der Waals surface area (Å²) in [7, 11) is 0. The molecule has 0 heterocycles. The SMILES string of the molecule is CC12C3CC(C4C5C=CC(C5)C43)C1C1CC2C2C3CC(CC3C#N)C12. The average Bonchev–Trinajstić information content (AvgIpc) is 3.43. The maximum Gasteiger partial charge on any atom is 0.0658 e. The quantitative estimate of drug-likeness (QED) is 0.464. The maximum absolute atomic E-state index is 9.67. The second-order valence-corrected chi connectivity index (χ2v) is 11.8. The molecule has 8 aliphatic carbocycles. The molecule has 8 rings (SSSR count). The van der Waals surface area contributed by atoms with Crippen LogP contribution in [0.3, 0.4) is 0 Å². The first-order valence-corrected chi connectivity index (χ1v) is 11.3. The second-order valence-electron chi connectivity index (χ2n) is 11.8. The van der Waals surface area contributed by atoms with Crippen LogP contribution in [0, 0.1) is 99.6 Å². The minimum atomic E-state index is 0.421. The third kappa shape index (κ3) is 1.13. The molecule has 25 heavy (non-hydrogen) atoms. The molecule has 0 aromatic carbocycles. The van der Waals surface area contributed by atoms with Crippen molar-refractivity contribution in [2.75, 3.05) is 0 Å². The standard InChI is InChI=1S/C24H29N/c1-24-17-7-15(19-10-2-3-11(4-10)21(17)19)23(24)16-8-18(24)22-14-6-12(20(16)22)5-13(14)9-25/h2-3,10-23H,4-8H2,1H3. The van der Waals surface area contributed by atoms with Crippen molar-refractivity contribution in [1.29, 1.82) is 5.26 Å². The summed E-state index contributed by atoms with van der Waals surface area (Å²) >= 11 is 0. The van der Waals surface area contributed by atoms with Crippen molar-refractivity contribution < 1.29 is 0 Å².